The first kappa shape index (κ1) is 31.8. The first-order chi connectivity index (χ1) is 22.1. The van der Waals surface area contributed by atoms with E-state index < -0.39 is 28.8 Å². The molecule has 1 N–H and O–H groups in total. The zero-order valence-electron chi connectivity index (χ0n) is 27.9. The predicted molar refractivity (Wildman–Crippen MR) is 174 cm³/mol. The maximum Gasteiger partial charge on any atom is 0.435 e. The Labute approximate surface area is 272 Å². The van der Waals surface area contributed by atoms with Crippen LogP contribution in [-0.2, 0) is 19.7 Å². The molecule has 1 saturated carbocycles. The summed E-state index contributed by atoms with van der Waals surface area (Å²) in [5.41, 5.74) is 0.458. The topological polar surface area (TPSA) is 147 Å². The van der Waals surface area contributed by atoms with Gasteiger partial charge in [0.15, 0.2) is 11.6 Å². The summed E-state index contributed by atoms with van der Waals surface area (Å²) in [4.78, 5) is 50.9. The molecule has 1 aliphatic carbocycles. The Morgan fingerprint density at radius 2 is 1.64 bits per heavy atom. The lowest BCUT2D eigenvalue weighted by molar-refractivity contribution is -0.120. The molecule has 2 aromatic carbocycles. The van der Waals surface area contributed by atoms with Crippen molar-refractivity contribution in [2.24, 2.45) is 0 Å². The van der Waals surface area contributed by atoms with Crippen LogP contribution in [0.5, 0.6) is 11.6 Å². The average Bonchev–Trinajstić information content (AvgIpc) is 3.57. The fourth-order valence-electron chi connectivity index (χ4n) is 6.00. The van der Waals surface area contributed by atoms with Crippen molar-refractivity contribution < 1.29 is 33.3 Å². The molecule has 1 spiro atoms. The molecule has 0 unspecified atom stereocenters. The van der Waals surface area contributed by atoms with Gasteiger partial charge in [0.05, 0.1) is 42.7 Å². The van der Waals surface area contributed by atoms with Crippen molar-refractivity contribution in [2.45, 2.75) is 77.4 Å². The number of carbonyl (C=O) groups is 3. The van der Waals surface area contributed by atoms with Crippen molar-refractivity contribution in [1.29, 1.82) is 0 Å². The van der Waals surface area contributed by atoms with Crippen molar-refractivity contribution in [3.8, 4) is 11.6 Å². The number of anilines is 3. The molecular weight excluding hydrogens is 604 g/mol. The van der Waals surface area contributed by atoms with Gasteiger partial charge < -0.3 is 24.3 Å². The van der Waals surface area contributed by atoms with Crippen molar-refractivity contribution in [1.82, 2.24) is 19.7 Å². The Hall–Kier alpha value is -5.20. The van der Waals surface area contributed by atoms with Gasteiger partial charge >= 0.3 is 12.2 Å². The number of methoxy groups -OCH3 is 2. The molecule has 47 heavy (non-hydrogen) atoms. The summed E-state index contributed by atoms with van der Waals surface area (Å²) in [7, 11) is 3.04. The van der Waals surface area contributed by atoms with Gasteiger partial charge in [0.2, 0.25) is 5.91 Å². The normalized spacial score (nSPS) is 18.7. The summed E-state index contributed by atoms with van der Waals surface area (Å²) in [6, 6.07) is 10.8. The standard InChI is InChI=1S/C34H38N6O7/c1-18-17-35-28(45-9)27(36-18)37-26-21-12-10-19(14-25(21)40(38-26)31(43)47-33(5,6)7)23-16-34(23)22-15-20(44-8)11-13-24(22)39(29(34)41)30(42)46-32(2,3)4/h10-15,17,23H,16H2,1-9H3,(H,36,37,38)/t23-,34-/m0/s1. The van der Waals surface area contributed by atoms with E-state index >= 15 is 0 Å². The fourth-order valence-corrected chi connectivity index (χ4v) is 6.00. The average molecular weight is 643 g/mol. The molecule has 1 aliphatic heterocycles. The summed E-state index contributed by atoms with van der Waals surface area (Å²) in [5.74, 6) is 0.820. The zero-order valence-corrected chi connectivity index (χ0v) is 27.9. The number of hydrogen-bond acceptors (Lipinski definition) is 11. The van der Waals surface area contributed by atoms with Gasteiger partial charge in [0.25, 0.3) is 5.88 Å². The lowest BCUT2D eigenvalue weighted by Crippen LogP contribution is -2.41. The Bertz CT molecular complexity index is 1940. The molecule has 0 bridgehead atoms. The number of carbonyl (C=O) groups excluding carboxylic acids is 3. The Morgan fingerprint density at radius 1 is 0.936 bits per heavy atom. The van der Waals surface area contributed by atoms with E-state index in [-0.39, 0.29) is 17.7 Å². The number of amides is 2. The molecule has 0 saturated heterocycles. The number of imide groups is 1. The highest BCUT2D eigenvalue weighted by Gasteiger charge is 2.68. The Kier molecular flexibility index (Phi) is 7.41. The van der Waals surface area contributed by atoms with E-state index in [1.54, 1.807) is 80.0 Å². The van der Waals surface area contributed by atoms with Gasteiger partial charge in [-0.25, -0.2) is 24.5 Å². The number of aromatic nitrogens is 4. The van der Waals surface area contributed by atoms with Crippen LogP contribution in [0.1, 0.15) is 70.7 Å². The van der Waals surface area contributed by atoms with Crippen LogP contribution in [-0.4, -0.2) is 63.3 Å². The lowest BCUT2D eigenvalue weighted by Gasteiger charge is -2.24. The van der Waals surface area contributed by atoms with Gasteiger partial charge in [-0.05, 0) is 96.3 Å². The number of rotatable bonds is 5. The van der Waals surface area contributed by atoms with Crippen molar-refractivity contribution in [3.63, 3.8) is 0 Å². The Balaban J connectivity index is 1.44. The molecule has 4 aromatic rings. The lowest BCUT2D eigenvalue weighted by atomic mass is 9.91. The minimum Gasteiger partial charge on any atom is -0.497 e. The van der Waals surface area contributed by atoms with Crippen LogP contribution >= 0.6 is 0 Å². The third-order valence-corrected chi connectivity index (χ3v) is 8.01. The van der Waals surface area contributed by atoms with Gasteiger partial charge in [-0.3, -0.25) is 4.79 Å². The molecule has 246 valence electrons. The SMILES string of the molecule is COc1ccc2c(c1)[C@]1(C[C@H]1c1ccc3c(Nc4nc(C)cnc4OC)nn(C(=O)OC(C)(C)C)c3c1)C(=O)N2C(=O)OC(C)(C)C. The van der Waals surface area contributed by atoms with Crippen LogP contribution in [0.25, 0.3) is 10.9 Å². The summed E-state index contributed by atoms with van der Waals surface area (Å²) in [6.45, 7) is 12.4. The number of nitrogens with zero attached hydrogens (tertiary/aromatic N) is 5. The van der Waals surface area contributed by atoms with Crippen LogP contribution in [0.3, 0.4) is 0 Å². The van der Waals surface area contributed by atoms with E-state index in [1.165, 1.54) is 11.8 Å². The highest BCUT2D eigenvalue weighted by atomic mass is 16.6. The molecule has 2 aromatic heterocycles. The first-order valence-electron chi connectivity index (χ1n) is 15.2. The molecule has 13 nitrogen and oxygen atoms in total. The smallest absolute Gasteiger partial charge is 0.435 e. The largest absolute Gasteiger partial charge is 0.497 e. The molecular formula is C34H38N6O7. The Morgan fingerprint density at radius 3 is 2.30 bits per heavy atom. The minimum absolute atomic E-state index is 0.260. The highest BCUT2D eigenvalue weighted by molar-refractivity contribution is 6.23. The number of ether oxygens (including phenoxy) is 4. The maximum atomic E-state index is 14.2. The number of hydrogen-bond donors (Lipinski definition) is 1. The molecule has 2 atom stereocenters. The van der Waals surface area contributed by atoms with E-state index in [1.807, 2.05) is 18.2 Å². The van der Waals surface area contributed by atoms with Crippen LogP contribution in [0, 0.1) is 6.92 Å². The predicted octanol–water partition coefficient (Wildman–Crippen LogP) is 6.39. The fraction of sp³-hybridized carbons (Fsp3) is 0.412. The van der Waals surface area contributed by atoms with E-state index in [2.05, 4.69) is 20.4 Å². The van der Waals surface area contributed by atoms with Crippen LogP contribution < -0.4 is 19.7 Å². The highest BCUT2D eigenvalue weighted by Crippen LogP contribution is 2.67. The van der Waals surface area contributed by atoms with E-state index in [4.69, 9.17) is 18.9 Å². The van der Waals surface area contributed by atoms with Gasteiger partial charge in [0.1, 0.15) is 17.0 Å². The third-order valence-electron chi connectivity index (χ3n) is 8.01. The van der Waals surface area contributed by atoms with Crippen LogP contribution in [0.15, 0.2) is 42.6 Å². The minimum atomic E-state index is -1.02. The number of benzene rings is 2. The van der Waals surface area contributed by atoms with E-state index in [0.29, 0.717) is 51.7 Å². The van der Waals surface area contributed by atoms with Crippen molar-refractivity contribution in [3.05, 3.63) is 59.4 Å². The van der Waals surface area contributed by atoms with Crippen LogP contribution in [0.2, 0.25) is 0 Å². The van der Waals surface area contributed by atoms with Gasteiger partial charge in [0, 0.05) is 11.3 Å². The molecule has 2 amide bonds. The molecule has 13 heteroatoms. The third kappa shape index (κ3) is 5.59. The number of fused-ring (bicyclic) bond motifs is 3. The van der Waals surface area contributed by atoms with E-state index in [0.717, 1.165) is 10.5 Å². The second-order valence-corrected chi connectivity index (χ2v) is 13.7. The summed E-state index contributed by atoms with van der Waals surface area (Å²) < 4.78 is 23.4. The molecule has 2 aliphatic rings. The van der Waals surface area contributed by atoms with E-state index in [9.17, 15) is 14.4 Å². The molecule has 3 heterocycles. The molecule has 6 rings (SSSR count). The van der Waals surface area contributed by atoms with Crippen LogP contribution in [0.4, 0.5) is 26.9 Å². The van der Waals surface area contributed by atoms with Gasteiger partial charge in [-0.1, -0.05) is 6.07 Å². The summed E-state index contributed by atoms with van der Waals surface area (Å²) >= 11 is 0. The number of nitrogens with one attached hydrogen (secondary N) is 1. The van der Waals surface area contributed by atoms with Gasteiger partial charge in [-0.2, -0.15) is 4.68 Å². The van der Waals surface area contributed by atoms with Crippen molar-refractivity contribution >= 4 is 46.3 Å². The zero-order chi connectivity index (χ0) is 34.1. The number of aryl methyl sites for hydroxylation is 1. The molecule has 1 fully saturated rings. The summed E-state index contributed by atoms with van der Waals surface area (Å²) in [6.07, 6.45) is 0.614. The monoisotopic (exact) mass is 642 g/mol. The second-order valence-electron chi connectivity index (χ2n) is 13.7. The first-order valence-corrected chi connectivity index (χ1v) is 15.2. The van der Waals surface area contributed by atoms with Gasteiger partial charge in [-0.15, -0.1) is 5.10 Å². The second kappa shape index (κ2) is 11.0. The maximum absolute atomic E-state index is 14.2. The summed E-state index contributed by atoms with van der Waals surface area (Å²) in [5, 5.41) is 8.35. The quantitative estimate of drug-likeness (QED) is 0.258. The van der Waals surface area contributed by atoms with Crippen molar-refractivity contribution in [2.75, 3.05) is 24.4 Å². The molecule has 0 radical (unpaired) electrons.